The highest BCUT2D eigenvalue weighted by atomic mass is 14.8. The molecule has 0 aliphatic heterocycles. The third kappa shape index (κ3) is 9.96. The molecule has 1 heteroatoms. The third-order valence-electron chi connectivity index (χ3n) is 1.96. The fraction of sp³-hybridized carbons (Fsp3) is 1.00. The van der Waals surface area contributed by atoms with E-state index in [1.54, 1.807) is 0 Å². The quantitative estimate of drug-likeness (QED) is 0.560. The second-order valence-corrected chi connectivity index (χ2v) is 3.70. The van der Waals surface area contributed by atoms with E-state index in [1.165, 1.54) is 38.6 Å². The van der Waals surface area contributed by atoms with Crippen molar-refractivity contribution in [2.75, 3.05) is 13.6 Å². The molecule has 0 rings (SSSR count). The Balaban J connectivity index is 2.80. The Kier molecular flexibility index (Phi) is 8.03. The summed E-state index contributed by atoms with van der Waals surface area (Å²) in [7, 11) is 2.02. The largest absolute Gasteiger partial charge is 0.320 e. The lowest BCUT2D eigenvalue weighted by Crippen LogP contribution is -2.06. The molecule has 0 unspecified atom stereocenters. The number of nitrogens with one attached hydrogen (secondary N) is 1. The van der Waals surface area contributed by atoms with E-state index < -0.39 is 0 Å². The molecule has 0 saturated heterocycles. The zero-order valence-corrected chi connectivity index (χ0v) is 8.32. The van der Waals surface area contributed by atoms with Gasteiger partial charge in [-0.3, -0.25) is 0 Å². The van der Waals surface area contributed by atoms with Gasteiger partial charge < -0.3 is 5.32 Å². The van der Waals surface area contributed by atoms with Gasteiger partial charge >= 0.3 is 0 Å². The number of unbranched alkanes of at least 4 members (excludes halogenated alkanes) is 3. The maximum Gasteiger partial charge on any atom is -0.00519 e. The normalized spacial score (nSPS) is 10.9. The van der Waals surface area contributed by atoms with E-state index in [1.807, 2.05) is 7.05 Å². The molecule has 0 aromatic rings. The predicted molar refractivity (Wildman–Crippen MR) is 51.8 cm³/mol. The Bertz CT molecular complexity index is 69.3. The SMILES string of the molecule is CNCCCCCCC(C)C. The van der Waals surface area contributed by atoms with Gasteiger partial charge in [0.25, 0.3) is 0 Å². The lowest BCUT2D eigenvalue weighted by molar-refractivity contribution is 0.517. The van der Waals surface area contributed by atoms with Crippen LogP contribution < -0.4 is 5.32 Å². The van der Waals surface area contributed by atoms with Gasteiger partial charge in [0.1, 0.15) is 0 Å². The van der Waals surface area contributed by atoms with Crippen LogP contribution in [0.1, 0.15) is 46.0 Å². The van der Waals surface area contributed by atoms with Crippen LogP contribution in [0.2, 0.25) is 0 Å². The van der Waals surface area contributed by atoms with Gasteiger partial charge in [-0.15, -0.1) is 0 Å². The molecule has 1 N–H and O–H groups in total. The fourth-order valence-corrected chi connectivity index (χ4v) is 1.21. The first kappa shape index (κ1) is 11.0. The molecule has 68 valence electrons. The summed E-state index contributed by atoms with van der Waals surface area (Å²) in [5.41, 5.74) is 0. The lowest BCUT2D eigenvalue weighted by Gasteiger charge is -2.03. The topological polar surface area (TPSA) is 12.0 Å². The molecule has 0 spiro atoms. The van der Waals surface area contributed by atoms with Crippen molar-refractivity contribution >= 4 is 0 Å². The van der Waals surface area contributed by atoms with Crippen LogP contribution in [0, 0.1) is 5.92 Å². The molecule has 0 aliphatic carbocycles. The van der Waals surface area contributed by atoms with Gasteiger partial charge in [-0.2, -0.15) is 0 Å². The van der Waals surface area contributed by atoms with Gasteiger partial charge in [0, 0.05) is 0 Å². The van der Waals surface area contributed by atoms with Gasteiger partial charge in [-0.05, 0) is 25.9 Å². The van der Waals surface area contributed by atoms with E-state index in [0.29, 0.717) is 0 Å². The van der Waals surface area contributed by atoms with Crippen LogP contribution in [0.5, 0.6) is 0 Å². The minimum absolute atomic E-state index is 0.888. The third-order valence-corrected chi connectivity index (χ3v) is 1.96. The van der Waals surface area contributed by atoms with Gasteiger partial charge in [0.05, 0.1) is 0 Å². The summed E-state index contributed by atoms with van der Waals surface area (Å²) in [6.07, 6.45) is 6.98. The van der Waals surface area contributed by atoms with Crippen molar-refractivity contribution in [2.45, 2.75) is 46.0 Å². The molecular formula is C10H23N. The summed E-state index contributed by atoms with van der Waals surface area (Å²) in [5.74, 6) is 0.888. The van der Waals surface area contributed by atoms with E-state index in [4.69, 9.17) is 0 Å². The van der Waals surface area contributed by atoms with E-state index in [9.17, 15) is 0 Å². The monoisotopic (exact) mass is 157 g/mol. The molecule has 11 heavy (non-hydrogen) atoms. The Morgan fingerprint density at radius 3 is 2.18 bits per heavy atom. The Labute approximate surface area is 71.6 Å². The molecule has 0 atom stereocenters. The Hall–Kier alpha value is -0.0400. The molecule has 0 radical (unpaired) electrons. The van der Waals surface area contributed by atoms with Gasteiger partial charge in [-0.1, -0.05) is 39.5 Å². The molecular weight excluding hydrogens is 134 g/mol. The van der Waals surface area contributed by atoms with Crippen LogP contribution in [0.4, 0.5) is 0 Å². The van der Waals surface area contributed by atoms with Crippen molar-refractivity contribution in [1.82, 2.24) is 5.32 Å². The van der Waals surface area contributed by atoms with Gasteiger partial charge in [0.15, 0.2) is 0 Å². The van der Waals surface area contributed by atoms with E-state index in [2.05, 4.69) is 19.2 Å². The van der Waals surface area contributed by atoms with Gasteiger partial charge in [-0.25, -0.2) is 0 Å². The summed E-state index contributed by atoms with van der Waals surface area (Å²) < 4.78 is 0. The molecule has 0 aromatic heterocycles. The zero-order valence-electron chi connectivity index (χ0n) is 8.32. The average molecular weight is 157 g/mol. The molecule has 0 aromatic carbocycles. The van der Waals surface area contributed by atoms with Crippen molar-refractivity contribution in [1.29, 1.82) is 0 Å². The van der Waals surface area contributed by atoms with Crippen LogP contribution in [-0.2, 0) is 0 Å². The van der Waals surface area contributed by atoms with Crippen LogP contribution >= 0.6 is 0 Å². The smallest absolute Gasteiger partial charge is 0.00519 e. The van der Waals surface area contributed by atoms with Crippen molar-refractivity contribution < 1.29 is 0 Å². The molecule has 0 bridgehead atoms. The highest BCUT2D eigenvalue weighted by molar-refractivity contribution is 4.48. The average Bonchev–Trinajstić information content (AvgIpc) is 1.96. The summed E-state index contributed by atoms with van der Waals surface area (Å²) in [6, 6.07) is 0. The van der Waals surface area contributed by atoms with E-state index in [0.717, 1.165) is 5.92 Å². The number of hydrogen-bond acceptors (Lipinski definition) is 1. The number of rotatable bonds is 7. The standard InChI is InChI=1S/C10H23N/c1-10(2)8-6-4-5-7-9-11-3/h10-11H,4-9H2,1-3H3. The van der Waals surface area contributed by atoms with Crippen molar-refractivity contribution in [3.05, 3.63) is 0 Å². The zero-order chi connectivity index (χ0) is 8.53. The summed E-state index contributed by atoms with van der Waals surface area (Å²) in [6.45, 7) is 5.78. The molecule has 0 heterocycles. The summed E-state index contributed by atoms with van der Waals surface area (Å²) in [4.78, 5) is 0. The second kappa shape index (κ2) is 8.06. The van der Waals surface area contributed by atoms with E-state index >= 15 is 0 Å². The maximum absolute atomic E-state index is 3.17. The Morgan fingerprint density at radius 2 is 1.64 bits per heavy atom. The Morgan fingerprint density at radius 1 is 1.00 bits per heavy atom. The van der Waals surface area contributed by atoms with Crippen molar-refractivity contribution in [3.8, 4) is 0 Å². The number of hydrogen-bond donors (Lipinski definition) is 1. The lowest BCUT2D eigenvalue weighted by atomic mass is 10.0. The second-order valence-electron chi connectivity index (χ2n) is 3.70. The van der Waals surface area contributed by atoms with Crippen molar-refractivity contribution in [2.24, 2.45) is 5.92 Å². The summed E-state index contributed by atoms with van der Waals surface area (Å²) in [5, 5.41) is 3.17. The van der Waals surface area contributed by atoms with Crippen LogP contribution in [-0.4, -0.2) is 13.6 Å². The molecule has 0 fully saturated rings. The first-order valence-electron chi connectivity index (χ1n) is 4.92. The minimum Gasteiger partial charge on any atom is -0.320 e. The molecule has 1 nitrogen and oxygen atoms in total. The molecule has 0 saturated carbocycles. The van der Waals surface area contributed by atoms with Crippen LogP contribution in [0.25, 0.3) is 0 Å². The van der Waals surface area contributed by atoms with Crippen molar-refractivity contribution in [3.63, 3.8) is 0 Å². The fourth-order valence-electron chi connectivity index (χ4n) is 1.21. The minimum atomic E-state index is 0.888. The maximum atomic E-state index is 3.17. The van der Waals surface area contributed by atoms with Crippen LogP contribution in [0.15, 0.2) is 0 Å². The highest BCUT2D eigenvalue weighted by Crippen LogP contribution is 2.08. The van der Waals surface area contributed by atoms with Crippen LogP contribution in [0.3, 0.4) is 0 Å². The highest BCUT2D eigenvalue weighted by Gasteiger charge is 1.93. The molecule has 0 amide bonds. The van der Waals surface area contributed by atoms with Gasteiger partial charge in [0.2, 0.25) is 0 Å². The summed E-state index contributed by atoms with van der Waals surface area (Å²) >= 11 is 0. The first-order chi connectivity index (χ1) is 5.27. The predicted octanol–water partition coefficient (Wildman–Crippen LogP) is 2.81. The molecule has 0 aliphatic rings. The van der Waals surface area contributed by atoms with E-state index in [-0.39, 0.29) is 0 Å². The first-order valence-corrected chi connectivity index (χ1v) is 4.92.